The van der Waals surface area contributed by atoms with Crippen molar-refractivity contribution in [2.75, 3.05) is 19.4 Å². The maximum absolute atomic E-state index is 5.50. The molecule has 1 N–H and O–H groups in total. The van der Waals surface area contributed by atoms with Crippen LogP contribution in [0.2, 0.25) is 0 Å². The zero-order valence-electron chi connectivity index (χ0n) is 9.19. The fourth-order valence-corrected chi connectivity index (χ4v) is 3.02. The van der Waals surface area contributed by atoms with Gasteiger partial charge in [-0.2, -0.15) is 11.8 Å². The highest BCUT2D eigenvalue weighted by molar-refractivity contribution is 8.01. The normalized spacial score (nSPS) is 24.7. The van der Waals surface area contributed by atoms with E-state index in [-0.39, 0.29) is 0 Å². The molecule has 1 heterocycles. The first-order valence-electron chi connectivity index (χ1n) is 5.36. The molecular weight excluding hydrogens is 206 g/mol. The van der Waals surface area contributed by atoms with Crippen LogP contribution in [0.5, 0.6) is 5.75 Å². The molecule has 15 heavy (non-hydrogen) atoms. The maximum atomic E-state index is 5.50. The standard InChI is InChI=1S/C12H17NOS/c1-3-14-10-6-4-5-9(7-10)12-11(13-2)8-15-12/h4-7,11-13H,3,8H2,1-2H3. The van der Waals surface area contributed by atoms with Crippen LogP contribution < -0.4 is 10.1 Å². The van der Waals surface area contributed by atoms with Gasteiger partial charge in [0.15, 0.2) is 0 Å². The first-order valence-corrected chi connectivity index (χ1v) is 6.41. The molecule has 1 aromatic rings. The topological polar surface area (TPSA) is 21.3 Å². The van der Waals surface area contributed by atoms with Crippen LogP contribution in [0.25, 0.3) is 0 Å². The quantitative estimate of drug-likeness (QED) is 0.847. The van der Waals surface area contributed by atoms with E-state index in [2.05, 4.69) is 23.5 Å². The summed E-state index contributed by atoms with van der Waals surface area (Å²) >= 11 is 2.00. The smallest absolute Gasteiger partial charge is 0.119 e. The molecule has 3 heteroatoms. The molecule has 1 aliphatic rings. The molecular formula is C12H17NOS. The van der Waals surface area contributed by atoms with Gasteiger partial charge in [-0.15, -0.1) is 0 Å². The van der Waals surface area contributed by atoms with Crippen molar-refractivity contribution in [3.05, 3.63) is 29.8 Å². The molecule has 0 amide bonds. The number of rotatable bonds is 4. The van der Waals surface area contributed by atoms with Gasteiger partial charge in [0, 0.05) is 17.0 Å². The van der Waals surface area contributed by atoms with Gasteiger partial charge in [0.2, 0.25) is 0 Å². The van der Waals surface area contributed by atoms with Gasteiger partial charge in [0.1, 0.15) is 5.75 Å². The van der Waals surface area contributed by atoms with Crippen LogP contribution >= 0.6 is 11.8 Å². The minimum Gasteiger partial charge on any atom is -0.494 e. The van der Waals surface area contributed by atoms with E-state index < -0.39 is 0 Å². The van der Waals surface area contributed by atoms with Crippen molar-refractivity contribution in [1.29, 1.82) is 0 Å². The average Bonchev–Trinajstić information content (AvgIpc) is 2.18. The highest BCUT2D eigenvalue weighted by Gasteiger charge is 2.31. The highest BCUT2D eigenvalue weighted by atomic mass is 32.2. The average molecular weight is 223 g/mol. The Bertz CT molecular complexity index is 327. The summed E-state index contributed by atoms with van der Waals surface area (Å²) < 4.78 is 5.50. The fourth-order valence-electron chi connectivity index (χ4n) is 1.80. The lowest BCUT2D eigenvalue weighted by molar-refractivity contribution is 0.339. The minimum absolute atomic E-state index is 0.593. The zero-order chi connectivity index (χ0) is 10.7. The Morgan fingerprint density at radius 1 is 1.53 bits per heavy atom. The third-order valence-electron chi connectivity index (χ3n) is 2.69. The van der Waals surface area contributed by atoms with E-state index in [1.807, 2.05) is 31.8 Å². The summed E-state index contributed by atoms with van der Waals surface area (Å²) in [5.41, 5.74) is 1.37. The highest BCUT2D eigenvalue weighted by Crippen LogP contribution is 2.43. The molecule has 0 radical (unpaired) electrons. The first kappa shape index (κ1) is 10.8. The van der Waals surface area contributed by atoms with Crippen LogP contribution in [0.4, 0.5) is 0 Å². The van der Waals surface area contributed by atoms with Gasteiger partial charge in [-0.05, 0) is 31.7 Å². The third-order valence-corrected chi connectivity index (χ3v) is 4.20. The van der Waals surface area contributed by atoms with Crippen LogP contribution in [-0.4, -0.2) is 25.4 Å². The predicted octanol–water partition coefficient (Wildman–Crippen LogP) is 2.46. The summed E-state index contributed by atoms with van der Waals surface area (Å²) in [5.74, 6) is 2.19. The maximum Gasteiger partial charge on any atom is 0.119 e. The second-order valence-electron chi connectivity index (χ2n) is 3.65. The number of hydrogen-bond donors (Lipinski definition) is 1. The molecule has 1 fully saturated rings. The van der Waals surface area contributed by atoms with Gasteiger partial charge < -0.3 is 10.1 Å². The van der Waals surface area contributed by atoms with Crippen molar-refractivity contribution < 1.29 is 4.74 Å². The van der Waals surface area contributed by atoms with Crippen molar-refractivity contribution >= 4 is 11.8 Å². The monoisotopic (exact) mass is 223 g/mol. The van der Waals surface area contributed by atoms with E-state index in [0.29, 0.717) is 11.3 Å². The molecule has 2 nitrogen and oxygen atoms in total. The number of ether oxygens (including phenoxy) is 1. The van der Waals surface area contributed by atoms with Crippen molar-refractivity contribution in [2.45, 2.75) is 18.2 Å². The summed E-state index contributed by atoms with van der Waals surface area (Å²) in [4.78, 5) is 0. The van der Waals surface area contributed by atoms with Crippen molar-refractivity contribution in [3.8, 4) is 5.75 Å². The Kier molecular flexibility index (Phi) is 3.54. The Morgan fingerprint density at radius 2 is 2.40 bits per heavy atom. The summed E-state index contributed by atoms with van der Waals surface area (Å²) in [5, 5.41) is 3.93. The molecule has 0 aliphatic carbocycles. The molecule has 82 valence electrons. The minimum atomic E-state index is 0.593. The van der Waals surface area contributed by atoms with E-state index in [4.69, 9.17) is 4.74 Å². The molecule has 1 aliphatic heterocycles. The molecule has 0 spiro atoms. The Morgan fingerprint density at radius 3 is 3.00 bits per heavy atom. The van der Waals surface area contributed by atoms with Crippen LogP contribution in [0.1, 0.15) is 17.7 Å². The van der Waals surface area contributed by atoms with Gasteiger partial charge in [-0.3, -0.25) is 0 Å². The van der Waals surface area contributed by atoms with Crippen molar-refractivity contribution in [2.24, 2.45) is 0 Å². The molecule has 1 saturated heterocycles. The molecule has 0 saturated carbocycles. The van der Waals surface area contributed by atoms with E-state index in [1.165, 1.54) is 11.3 Å². The number of thioether (sulfide) groups is 1. The summed E-state index contributed by atoms with van der Waals surface area (Å²) in [6, 6.07) is 9.05. The lowest BCUT2D eigenvalue weighted by atomic mass is 10.1. The Hall–Kier alpha value is -0.670. The van der Waals surface area contributed by atoms with Gasteiger partial charge in [-0.25, -0.2) is 0 Å². The number of likely N-dealkylation sites (N-methyl/N-ethyl adjacent to an activating group) is 1. The van der Waals surface area contributed by atoms with Crippen molar-refractivity contribution in [3.63, 3.8) is 0 Å². The summed E-state index contributed by atoms with van der Waals surface area (Å²) in [7, 11) is 2.03. The summed E-state index contributed by atoms with van der Waals surface area (Å²) in [6.45, 7) is 2.75. The van der Waals surface area contributed by atoms with Gasteiger partial charge >= 0.3 is 0 Å². The zero-order valence-corrected chi connectivity index (χ0v) is 10.0. The first-order chi connectivity index (χ1) is 7.35. The third kappa shape index (κ3) is 2.29. The number of benzene rings is 1. The van der Waals surface area contributed by atoms with Crippen LogP contribution in [0, 0.1) is 0 Å². The molecule has 1 aromatic carbocycles. The Labute approximate surface area is 95.4 Å². The SMILES string of the molecule is CCOc1cccc(C2SCC2NC)c1. The van der Waals surface area contributed by atoms with Crippen molar-refractivity contribution in [1.82, 2.24) is 5.32 Å². The number of hydrogen-bond acceptors (Lipinski definition) is 3. The lowest BCUT2D eigenvalue weighted by Crippen LogP contribution is -2.40. The molecule has 2 unspecified atom stereocenters. The second-order valence-corrected chi connectivity index (χ2v) is 4.83. The lowest BCUT2D eigenvalue weighted by Gasteiger charge is -2.36. The Balaban J connectivity index is 2.10. The van der Waals surface area contributed by atoms with Gasteiger partial charge in [0.25, 0.3) is 0 Å². The van der Waals surface area contributed by atoms with Gasteiger partial charge in [-0.1, -0.05) is 12.1 Å². The van der Waals surface area contributed by atoms with E-state index in [9.17, 15) is 0 Å². The van der Waals surface area contributed by atoms with E-state index in [0.717, 1.165) is 12.4 Å². The largest absolute Gasteiger partial charge is 0.494 e. The molecule has 0 bridgehead atoms. The van der Waals surface area contributed by atoms with Crippen LogP contribution in [0.3, 0.4) is 0 Å². The van der Waals surface area contributed by atoms with Crippen LogP contribution in [0.15, 0.2) is 24.3 Å². The number of nitrogens with one attached hydrogen (secondary N) is 1. The molecule has 0 aromatic heterocycles. The molecule has 2 rings (SSSR count). The molecule has 2 atom stereocenters. The van der Waals surface area contributed by atoms with E-state index in [1.54, 1.807) is 0 Å². The fraction of sp³-hybridized carbons (Fsp3) is 0.500. The second kappa shape index (κ2) is 4.90. The predicted molar refractivity (Wildman–Crippen MR) is 65.7 cm³/mol. The van der Waals surface area contributed by atoms with E-state index >= 15 is 0 Å². The summed E-state index contributed by atoms with van der Waals surface area (Å²) in [6.07, 6.45) is 0. The van der Waals surface area contributed by atoms with Crippen LogP contribution in [-0.2, 0) is 0 Å². The van der Waals surface area contributed by atoms with Gasteiger partial charge in [0.05, 0.1) is 6.61 Å².